The van der Waals surface area contributed by atoms with Crippen molar-refractivity contribution < 1.29 is 4.79 Å². The molecule has 1 amide bonds. The lowest BCUT2D eigenvalue weighted by molar-refractivity contribution is 0.0746. The lowest BCUT2D eigenvalue weighted by Gasteiger charge is -2.35. The van der Waals surface area contributed by atoms with E-state index in [0.717, 1.165) is 44.2 Å². The summed E-state index contributed by atoms with van der Waals surface area (Å²) in [4.78, 5) is 21.0. The molecular weight excluding hydrogens is 264 g/mol. The van der Waals surface area contributed by atoms with Gasteiger partial charge in [-0.05, 0) is 19.1 Å². The molecule has 2 aromatic rings. The molecule has 1 fully saturated rings. The number of hydrogen-bond acceptors (Lipinski definition) is 3. The Hall–Kier alpha value is -2.30. The van der Waals surface area contributed by atoms with E-state index in [4.69, 9.17) is 0 Å². The van der Waals surface area contributed by atoms with E-state index < -0.39 is 0 Å². The highest BCUT2D eigenvalue weighted by atomic mass is 16.2. The van der Waals surface area contributed by atoms with Crippen LogP contribution < -0.4 is 4.90 Å². The van der Waals surface area contributed by atoms with Gasteiger partial charge in [0.25, 0.3) is 5.91 Å². The number of rotatable bonds is 3. The van der Waals surface area contributed by atoms with Crippen LogP contribution in [0.4, 0.5) is 5.95 Å². The number of amides is 1. The lowest BCUT2D eigenvalue weighted by atomic mass is 10.2. The van der Waals surface area contributed by atoms with Crippen LogP contribution in [0.1, 0.15) is 17.3 Å². The molecule has 3 rings (SSSR count). The second-order valence-electron chi connectivity index (χ2n) is 5.16. The molecule has 0 aliphatic carbocycles. The largest absolute Gasteiger partial charge is 0.339 e. The molecule has 0 atom stereocenters. The number of carbonyl (C=O) groups excluding carboxylic acids is 1. The number of imidazole rings is 1. The minimum atomic E-state index is 0.120. The molecule has 5 nitrogen and oxygen atoms in total. The highest BCUT2D eigenvalue weighted by Crippen LogP contribution is 2.15. The predicted octanol–water partition coefficient (Wildman–Crippen LogP) is 1.87. The van der Waals surface area contributed by atoms with Crippen molar-refractivity contribution in [3.05, 3.63) is 48.3 Å². The maximum atomic E-state index is 12.4. The van der Waals surface area contributed by atoms with Crippen molar-refractivity contribution in [2.45, 2.75) is 13.5 Å². The van der Waals surface area contributed by atoms with Gasteiger partial charge in [0.2, 0.25) is 5.95 Å². The zero-order chi connectivity index (χ0) is 14.7. The fourth-order valence-corrected chi connectivity index (χ4v) is 2.70. The van der Waals surface area contributed by atoms with Crippen molar-refractivity contribution >= 4 is 11.9 Å². The quantitative estimate of drug-likeness (QED) is 0.864. The van der Waals surface area contributed by atoms with Gasteiger partial charge in [0.05, 0.1) is 0 Å². The SMILES string of the molecule is CCn1ccnc1N1CCN(C(=O)c2ccccc2)CC1. The summed E-state index contributed by atoms with van der Waals surface area (Å²) in [7, 11) is 0. The number of carbonyl (C=O) groups is 1. The first-order valence-corrected chi connectivity index (χ1v) is 7.40. The highest BCUT2D eigenvalue weighted by molar-refractivity contribution is 5.94. The standard InChI is InChI=1S/C16H20N4O/c1-2-18-9-8-17-16(18)20-12-10-19(11-13-20)15(21)14-6-4-3-5-7-14/h3-9H,2,10-13H2,1H3. The molecule has 1 aliphatic rings. The van der Waals surface area contributed by atoms with E-state index in [1.54, 1.807) is 0 Å². The van der Waals surface area contributed by atoms with Gasteiger partial charge in [-0.25, -0.2) is 4.98 Å². The molecule has 0 bridgehead atoms. The molecule has 0 N–H and O–H groups in total. The van der Waals surface area contributed by atoms with Gasteiger partial charge in [-0.15, -0.1) is 0 Å². The first kappa shape index (κ1) is 13.7. The van der Waals surface area contributed by atoms with Gasteiger partial charge in [-0.3, -0.25) is 4.79 Å². The second-order valence-corrected chi connectivity index (χ2v) is 5.16. The Morgan fingerprint density at radius 1 is 1.14 bits per heavy atom. The minimum Gasteiger partial charge on any atom is -0.339 e. The van der Waals surface area contributed by atoms with Gasteiger partial charge in [-0.1, -0.05) is 18.2 Å². The molecule has 2 heterocycles. The Kier molecular flexibility index (Phi) is 3.90. The van der Waals surface area contributed by atoms with E-state index in [1.165, 1.54) is 0 Å². The third-order valence-electron chi connectivity index (χ3n) is 3.90. The number of benzene rings is 1. The van der Waals surface area contributed by atoms with Gasteiger partial charge in [-0.2, -0.15) is 0 Å². The summed E-state index contributed by atoms with van der Waals surface area (Å²) in [6, 6.07) is 9.49. The molecule has 1 aromatic heterocycles. The summed E-state index contributed by atoms with van der Waals surface area (Å²) < 4.78 is 2.13. The number of nitrogens with zero attached hydrogens (tertiary/aromatic N) is 4. The van der Waals surface area contributed by atoms with Crippen molar-refractivity contribution in [1.82, 2.24) is 14.5 Å². The van der Waals surface area contributed by atoms with Crippen LogP contribution >= 0.6 is 0 Å². The Balaban J connectivity index is 1.64. The highest BCUT2D eigenvalue weighted by Gasteiger charge is 2.23. The zero-order valence-electron chi connectivity index (χ0n) is 12.3. The molecule has 0 radical (unpaired) electrons. The molecule has 0 saturated carbocycles. The van der Waals surface area contributed by atoms with Crippen molar-refractivity contribution in [1.29, 1.82) is 0 Å². The minimum absolute atomic E-state index is 0.120. The Morgan fingerprint density at radius 3 is 2.52 bits per heavy atom. The number of hydrogen-bond donors (Lipinski definition) is 0. The van der Waals surface area contributed by atoms with Crippen molar-refractivity contribution in [3.8, 4) is 0 Å². The number of aryl methyl sites for hydroxylation is 1. The number of anilines is 1. The van der Waals surface area contributed by atoms with E-state index in [2.05, 4.69) is 21.4 Å². The van der Waals surface area contributed by atoms with Gasteiger partial charge in [0, 0.05) is 50.7 Å². The first-order chi connectivity index (χ1) is 10.3. The second kappa shape index (κ2) is 5.99. The maximum absolute atomic E-state index is 12.4. The third kappa shape index (κ3) is 2.77. The molecule has 21 heavy (non-hydrogen) atoms. The summed E-state index contributed by atoms with van der Waals surface area (Å²) in [5.74, 6) is 1.12. The monoisotopic (exact) mass is 284 g/mol. The normalized spacial score (nSPS) is 15.3. The van der Waals surface area contributed by atoms with Crippen LogP contribution in [-0.2, 0) is 6.54 Å². The molecule has 5 heteroatoms. The van der Waals surface area contributed by atoms with E-state index in [0.29, 0.717) is 0 Å². The van der Waals surface area contributed by atoms with E-state index in [1.807, 2.05) is 47.6 Å². The summed E-state index contributed by atoms with van der Waals surface area (Å²) in [6.07, 6.45) is 3.83. The third-order valence-corrected chi connectivity index (χ3v) is 3.90. The van der Waals surface area contributed by atoms with Crippen molar-refractivity contribution in [3.63, 3.8) is 0 Å². The topological polar surface area (TPSA) is 41.4 Å². The maximum Gasteiger partial charge on any atom is 0.253 e. The van der Waals surface area contributed by atoms with Crippen LogP contribution in [0.2, 0.25) is 0 Å². The average molecular weight is 284 g/mol. The molecule has 1 saturated heterocycles. The van der Waals surface area contributed by atoms with E-state index in [-0.39, 0.29) is 5.91 Å². The molecule has 1 aromatic carbocycles. The fourth-order valence-electron chi connectivity index (χ4n) is 2.70. The van der Waals surface area contributed by atoms with Crippen LogP contribution in [0.5, 0.6) is 0 Å². The Morgan fingerprint density at radius 2 is 1.86 bits per heavy atom. The van der Waals surface area contributed by atoms with Crippen LogP contribution in [0, 0.1) is 0 Å². The average Bonchev–Trinajstić information content (AvgIpc) is 3.04. The predicted molar refractivity (Wildman–Crippen MR) is 82.5 cm³/mol. The number of piperazine rings is 1. The summed E-state index contributed by atoms with van der Waals surface area (Å²) in [5, 5.41) is 0. The summed E-state index contributed by atoms with van der Waals surface area (Å²) in [6.45, 7) is 6.17. The molecule has 0 unspecified atom stereocenters. The summed E-state index contributed by atoms with van der Waals surface area (Å²) in [5.41, 5.74) is 0.765. The smallest absolute Gasteiger partial charge is 0.253 e. The molecular formula is C16H20N4O. The van der Waals surface area contributed by atoms with E-state index >= 15 is 0 Å². The lowest BCUT2D eigenvalue weighted by Crippen LogP contribution is -2.49. The van der Waals surface area contributed by atoms with Crippen molar-refractivity contribution in [2.24, 2.45) is 0 Å². The summed E-state index contributed by atoms with van der Waals surface area (Å²) >= 11 is 0. The zero-order valence-corrected chi connectivity index (χ0v) is 12.3. The van der Waals surface area contributed by atoms with Crippen LogP contribution in [0.15, 0.2) is 42.7 Å². The Bertz CT molecular complexity index is 600. The van der Waals surface area contributed by atoms with Crippen LogP contribution in [0.3, 0.4) is 0 Å². The molecule has 110 valence electrons. The fraction of sp³-hybridized carbons (Fsp3) is 0.375. The van der Waals surface area contributed by atoms with Crippen LogP contribution in [0.25, 0.3) is 0 Å². The van der Waals surface area contributed by atoms with Gasteiger partial charge in [0.15, 0.2) is 0 Å². The van der Waals surface area contributed by atoms with Gasteiger partial charge < -0.3 is 14.4 Å². The molecule has 1 aliphatic heterocycles. The van der Waals surface area contributed by atoms with Gasteiger partial charge >= 0.3 is 0 Å². The molecule has 0 spiro atoms. The number of aromatic nitrogens is 2. The van der Waals surface area contributed by atoms with Crippen LogP contribution in [-0.4, -0.2) is 46.5 Å². The van der Waals surface area contributed by atoms with Gasteiger partial charge in [0.1, 0.15) is 0 Å². The first-order valence-electron chi connectivity index (χ1n) is 7.40. The Labute approximate surface area is 124 Å². The van der Waals surface area contributed by atoms with E-state index in [9.17, 15) is 4.79 Å². The van der Waals surface area contributed by atoms with Crippen molar-refractivity contribution in [2.75, 3.05) is 31.1 Å².